The third-order valence-corrected chi connectivity index (χ3v) is 5.02. The number of amides is 2. The van der Waals surface area contributed by atoms with Gasteiger partial charge in [-0.1, -0.05) is 37.3 Å². The molecule has 0 aliphatic carbocycles. The van der Waals surface area contributed by atoms with Crippen molar-refractivity contribution in [3.05, 3.63) is 34.3 Å². The van der Waals surface area contributed by atoms with Crippen LogP contribution >= 0.6 is 11.3 Å². The normalized spacial score (nSPS) is 14.5. The van der Waals surface area contributed by atoms with Crippen LogP contribution in [0.4, 0.5) is 10.8 Å². The fourth-order valence-corrected chi connectivity index (χ4v) is 3.70. The molecule has 2 aromatic rings. The molecule has 1 aliphatic rings. The lowest BCUT2D eigenvalue weighted by Gasteiger charge is -2.24. The molecule has 1 aromatic carbocycles. The summed E-state index contributed by atoms with van der Waals surface area (Å²) >= 11 is 1.37. The molecule has 1 N–H and O–H groups in total. The predicted molar refractivity (Wildman–Crippen MR) is 107 cm³/mol. The molecule has 8 heteroatoms. The standard InChI is InChI=1S/C19H23N5O2S/c1-11(2)9-16-21-22-19(27-16)20-18(26)14-7-8-17(25)24(23-14)15-10-12(3)5-6-13(15)4/h5-6,10-11H,7-9H2,1-4H3,(H,20,22,26). The highest BCUT2D eigenvalue weighted by Gasteiger charge is 2.27. The molecule has 0 spiro atoms. The third kappa shape index (κ3) is 4.57. The molecule has 3 rings (SSSR count). The number of anilines is 2. The molecule has 0 bridgehead atoms. The second kappa shape index (κ2) is 7.96. The summed E-state index contributed by atoms with van der Waals surface area (Å²) in [5, 5.41) is 17.9. The van der Waals surface area contributed by atoms with Gasteiger partial charge in [-0.15, -0.1) is 10.2 Å². The summed E-state index contributed by atoms with van der Waals surface area (Å²) < 4.78 is 0. The molecule has 0 fully saturated rings. The van der Waals surface area contributed by atoms with Crippen LogP contribution in [0.3, 0.4) is 0 Å². The Morgan fingerprint density at radius 3 is 2.78 bits per heavy atom. The van der Waals surface area contributed by atoms with Gasteiger partial charge in [-0.2, -0.15) is 5.10 Å². The maximum atomic E-state index is 12.6. The molecular formula is C19H23N5O2S. The van der Waals surface area contributed by atoms with E-state index in [4.69, 9.17) is 0 Å². The van der Waals surface area contributed by atoms with Crippen molar-refractivity contribution in [1.82, 2.24) is 10.2 Å². The van der Waals surface area contributed by atoms with E-state index in [2.05, 4.69) is 34.5 Å². The predicted octanol–water partition coefficient (Wildman–Crippen LogP) is 3.47. The second-order valence-corrected chi connectivity index (χ2v) is 8.16. The molecule has 7 nitrogen and oxygen atoms in total. The molecular weight excluding hydrogens is 362 g/mol. The van der Waals surface area contributed by atoms with E-state index in [1.165, 1.54) is 16.3 Å². The number of nitrogens with zero attached hydrogens (tertiary/aromatic N) is 4. The van der Waals surface area contributed by atoms with E-state index in [9.17, 15) is 9.59 Å². The molecule has 0 unspecified atom stereocenters. The van der Waals surface area contributed by atoms with E-state index in [0.29, 0.717) is 28.9 Å². The Bertz CT molecular complexity index is 903. The molecule has 1 aliphatic heterocycles. The molecule has 2 heterocycles. The van der Waals surface area contributed by atoms with Crippen LogP contribution in [0.5, 0.6) is 0 Å². The quantitative estimate of drug-likeness (QED) is 0.853. The Morgan fingerprint density at radius 1 is 1.26 bits per heavy atom. The van der Waals surface area contributed by atoms with Crippen LogP contribution in [0.15, 0.2) is 23.3 Å². The summed E-state index contributed by atoms with van der Waals surface area (Å²) in [4.78, 5) is 25.0. The zero-order chi connectivity index (χ0) is 19.6. The first-order valence-electron chi connectivity index (χ1n) is 8.95. The lowest BCUT2D eigenvalue weighted by Crippen LogP contribution is -2.36. The number of aromatic nitrogens is 2. The Kier molecular flexibility index (Phi) is 5.65. The number of aryl methyl sites for hydroxylation is 2. The maximum absolute atomic E-state index is 12.6. The summed E-state index contributed by atoms with van der Waals surface area (Å²) in [5.74, 6) is 0.0156. The highest BCUT2D eigenvalue weighted by Crippen LogP contribution is 2.26. The summed E-state index contributed by atoms with van der Waals surface area (Å²) in [6.07, 6.45) is 1.38. The van der Waals surface area contributed by atoms with Crippen LogP contribution in [-0.2, 0) is 16.0 Å². The van der Waals surface area contributed by atoms with E-state index >= 15 is 0 Å². The van der Waals surface area contributed by atoms with Crippen molar-refractivity contribution in [2.24, 2.45) is 11.0 Å². The third-order valence-electron chi connectivity index (χ3n) is 4.16. The van der Waals surface area contributed by atoms with Crippen LogP contribution in [0.25, 0.3) is 0 Å². The van der Waals surface area contributed by atoms with Gasteiger partial charge in [0.2, 0.25) is 11.0 Å². The SMILES string of the molecule is Cc1ccc(C)c(N2N=C(C(=O)Nc3nnc(CC(C)C)s3)CCC2=O)c1. The number of hydrogen-bond donors (Lipinski definition) is 1. The van der Waals surface area contributed by atoms with E-state index < -0.39 is 0 Å². The second-order valence-electron chi connectivity index (χ2n) is 7.10. The average Bonchev–Trinajstić information content (AvgIpc) is 3.03. The summed E-state index contributed by atoms with van der Waals surface area (Å²) in [7, 11) is 0. The molecule has 0 saturated heterocycles. The molecule has 0 saturated carbocycles. The van der Waals surface area contributed by atoms with E-state index in [0.717, 1.165) is 22.6 Å². The lowest BCUT2D eigenvalue weighted by atomic mass is 10.1. The number of benzene rings is 1. The maximum Gasteiger partial charge on any atom is 0.273 e. The van der Waals surface area contributed by atoms with E-state index in [1.807, 2.05) is 32.0 Å². The van der Waals surface area contributed by atoms with Gasteiger partial charge in [0.1, 0.15) is 10.7 Å². The van der Waals surface area contributed by atoms with Crippen LogP contribution in [-0.4, -0.2) is 27.7 Å². The Morgan fingerprint density at radius 2 is 2.04 bits per heavy atom. The van der Waals surface area contributed by atoms with Crippen LogP contribution in [0.2, 0.25) is 0 Å². The minimum atomic E-state index is -0.343. The van der Waals surface area contributed by atoms with Gasteiger partial charge in [-0.25, -0.2) is 5.01 Å². The van der Waals surface area contributed by atoms with Crippen molar-refractivity contribution in [2.75, 3.05) is 10.3 Å². The number of carbonyl (C=O) groups is 2. The van der Waals surface area contributed by atoms with Crippen molar-refractivity contribution in [1.29, 1.82) is 0 Å². The minimum absolute atomic E-state index is 0.115. The van der Waals surface area contributed by atoms with Gasteiger partial charge in [0.05, 0.1) is 5.69 Å². The monoisotopic (exact) mass is 385 g/mol. The fourth-order valence-electron chi connectivity index (χ4n) is 2.76. The first kappa shape index (κ1) is 19.2. The molecule has 2 amide bonds. The molecule has 0 radical (unpaired) electrons. The number of hydrogen-bond acceptors (Lipinski definition) is 6. The highest BCUT2D eigenvalue weighted by atomic mass is 32.1. The molecule has 1 aromatic heterocycles. The summed E-state index contributed by atoms with van der Waals surface area (Å²) in [6.45, 7) is 8.09. The summed E-state index contributed by atoms with van der Waals surface area (Å²) in [5.41, 5.74) is 2.99. The first-order valence-corrected chi connectivity index (χ1v) is 9.76. The Labute approximate surface area is 162 Å². The van der Waals surface area contributed by atoms with Gasteiger partial charge in [-0.3, -0.25) is 14.9 Å². The van der Waals surface area contributed by atoms with Crippen molar-refractivity contribution in [3.8, 4) is 0 Å². The van der Waals surface area contributed by atoms with Gasteiger partial charge < -0.3 is 0 Å². The van der Waals surface area contributed by atoms with Crippen molar-refractivity contribution in [2.45, 2.75) is 47.0 Å². The topological polar surface area (TPSA) is 87.6 Å². The summed E-state index contributed by atoms with van der Waals surface area (Å²) in [6, 6.07) is 5.83. The smallest absolute Gasteiger partial charge is 0.273 e. The first-order chi connectivity index (χ1) is 12.8. The Balaban J connectivity index is 1.79. The van der Waals surface area contributed by atoms with Gasteiger partial charge in [-0.05, 0) is 37.0 Å². The number of rotatable bonds is 5. The zero-order valence-electron chi connectivity index (χ0n) is 15.9. The van der Waals surface area contributed by atoms with Crippen LogP contribution < -0.4 is 10.3 Å². The van der Waals surface area contributed by atoms with Gasteiger partial charge in [0.15, 0.2) is 0 Å². The van der Waals surface area contributed by atoms with Crippen molar-refractivity contribution < 1.29 is 9.59 Å². The lowest BCUT2D eigenvalue weighted by molar-refractivity contribution is -0.118. The van der Waals surface area contributed by atoms with Crippen LogP contribution in [0.1, 0.15) is 42.8 Å². The molecule has 27 heavy (non-hydrogen) atoms. The van der Waals surface area contributed by atoms with Crippen molar-refractivity contribution >= 4 is 39.7 Å². The van der Waals surface area contributed by atoms with Gasteiger partial charge in [0, 0.05) is 19.3 Å². The average molecular weight is 385 g/mol. The number of carbonyl (C=O) groups excluding carboxylic acids is 2. The molecule has 142 valence electrons. The van der Waals surface area contributed by atoms with E-state index in [-0.39, 0.29) is 18.2 Å². The van der Waals surface area contributed by atoms with E-state index in [1.54, 1.807) is 0 Å². The van der Waals surface area contributed by atoms with Crippen LogP contribution in [0, 0.1) is 19.8 Å². The highest BCUT2D eigenvalue weighted by molar-refractivity contribution is 7.15. The Hall–Kier alpha value is -2.61. The van der Waals surface area contributed by atoms with Gasteiger partial charge >= 0.3 is 0 Å². The number of hydrazone groups is 1. The zero-order valence-corrected chi connectivity index (χ0v) is 16.8. The van der Waals surface area contributed by atoms with Crippen molar-refractivity contribution in [3.63, 3.8) is 0 Å². The molecule has 0 atom stereocenters. The largest absolute Gasteiger partial charge is 0.295 e. The fraction of sp³-hybridized carbons (Fsp3) is 0.421. The minimum Gasteiger partial charge on any atom is -0.295 e. The number of nitrogens with one attached hydrogen (secondary N) is 1. The van der Waals surface area contributed by atoms with Gasteiger partial charge in [0.25, 0.3) is 5.91 Å².